The van der Waals surface area contributed by atoms with Crippen LogP contribution < -0.4 is 5.63 Å². The number of benzene rings is 3. The second kappa shape index (κ2) is 6.33. The van der Waals surface area contributed by atoms with Crippen LogP contribution in [-0.4, -0.2) is 10.9 Å². The summed E-state index contributed by atoms with van der Waals surface area (Å²) in [5.41, 5.74) is -0.125. The third-order valence-electron chi connectivity index (χ3n) is 4.27. The van der Waals surface area contributed by atoms with Crippen LogP contribution in [0, 0.1) is 0 Å². The third kappa shape index (κ3) is 2.67. The van der Waals surface area contributed by atoms with Gasteiger partial charge in [-0.15, -0.1) is 0 Å². The van der Waals surface area contributed by atoms with Gasteiger partial charge >= 0.3 is 5.63 Å². The first kappa shape index (κ1) is 15.8. The average molecular weight is 342 g/mol. The van der Waals surface area contributed by atoms with Gasteiger partial charge in [0.1, 0.15) is 16.9 Å². The lowest BCUT2D eigenvalue weighted by Crippen LogP contribution is -2.12. The first-order valence-corrected chi connectivity index (χ1v) is 8.10. The summed E-state index contributed by atoms with van der Waals surface area (Å²) in [5, 5.41) is 12.7. The fourth-order valence-corrected chi connectivity index (χ4v) is 3.00. The molecule has 0 aliphatic carbocycles. The van der Waals surface area contributed by atoms with E-state index in [1.807, 2.05) is 42.5 Å². The highest BCUT2D eigenvalue weighted by molar-refractivity contribution is 6.11. The molecule has 1 N–H and O–H groups in total. The highest BCUT2D eigenvalue weighted by Crippen LogP contribution is 2.27. The van der Waals surface area contributed by atoms with E-state index in [9.17, 15) is 14.7 Å². The SMILES string of the molecule is O=C(/C=C/c1cccc2ccccc12)c1c(O)c2ccccc2oc1=O. The summed E-state index contributed by atoms with van der Waals surface area (Å²) in [7, 11) is 0. The quantitative estimate of drug-likeness (QED) is 0.337. The van der Waals surface area contributed by atoms with Crippen LogP contribution in [0.1, 0.15) is 15.9 Å². The van der Waals surface area contributed by atoms with Crippen molar-refractivity contribution in [3.8, 4) is 5.75 Å². The molecule has 0 atom stereocenters. The van der Waals surface area contributed by atoms with Gasteiger partial charge in [-0.05, 0) is 34.5 Å². The van der Waals surface area contributed by atoms with Gasteiger partial charge in [0.15, 0.2) is 5.78 Å². The smallest absolute Gasteiger partial charge is 0.351 e. The summed E-state index contributed by atoms with van der Waals surface area (Å²) in [4.78, 5) is 24.7. The van der Waals surface area contributed by atoms with Crippen LogP contribution in [0.2, 0.25) is 0 Å². The second-order valence-corrected chi connectivity index (χ2v) is 5.88. The number of fused-ring (bicyclic) bond motifs is 2. The van der Waals surface area contributed by atoms with E-state index in [0.717, 1.165) is 16.3 Å². The summed E-state index contributed by atoms with van der Waals surface area (Å²) in [5.74, 6) is -0.959. The van der Waals surface area contributed by atoms with Crippen molar-refractivity contribution in [2.45, 2.75) is 0 Å². The van der Waals surface area contributed by atoms with Gasteiger partial charge < -0.3 is 9.52 Å². The molecule has 0 radical (unpaired) electrons. The zero-order chi connectivity index (χ0) is 18.1. The van der Waals surface area contributed by atoms with Crippen LogP contribution in [0.25, 0.3) is 27.8 Å². The molecular weight excluding hydrogens is 328 g/mol. The van der Waals surface area contributed by atoms with E-state index in [1.165, 1.54) is 6.08 Å². The van der Waals surface area contributed by atoms with Crippen LogP contribution in [0.5, 0.6) is 5.75 Å². The number of hydrogen-bond acceptors (Lipinski definition) is 4. The number of allylic oxidation sites excluding steroid dienone is 1. The normalized spacial score (nSPS) is 11.4. The molecule has 4 aromatic rings. The van der Waals surface area contributed by atoms with E-state index in [-0.39, 0.29) is 16.9 Å². The fourth-order valence-electron chi connectivity index (χ4n) is 3.00. The van der Waals surface area contributed by atoms with Crippen LogP contribution >= 0.6 is 0 Å². The number of carbonyl (C=O) groups is 1. The van der Waals surface area contributed by atoms with Crippen LogP contribution in [0.4, 0.5) is 0 Å². The van der Waals surface area contributed by atoms with E-state index < -0.39 is 11.4 Å². The number of ketones is 1. The van der Waals surface area contributed by atoms with Crippen LogP contribution in [0.3, 0.4) is 0 Å². The zero-order valence-electron chi connectivity index (χ0n) is 13.7. The molecule has 4 heteroatoms. The lowest BCUT2D eigenvalue weighted by atomic mass is 10.0. The van der Waals surface area contributed by atoms with Crippen molar-refractivity contribution >= 4 is 33.6 Å². The molecule has 0 fully saturated rings. The van der Waals surface area contributed by atoms with Crippen molar-refractivity contribution in [2.24, 2.45) is 0 Å². The third-order valence-corrected chi connectivity index (χ3v) is 4.27. The van der Waals surface area contributed by atoms with Crippen LogP contribution in [0.15, 0.2) is 82.0 Å². The van der Waals surface area contributed by atoms with Crippen molar-refractivity contribution < 1.29 is 14.3 Å². The Bertz CT molecular complexity index is 1230. The van der Waals surface area contributed by atoms with Gasteiger partial charge in [-0.3, -0.25) is 4.79 Å². The Morgan fingerprint density at radius 1 is 0.885 bits per heavy atom. The van der Waals surface area contributed by atoms with Gasteiger partial charge in [0.25, 0.3) is 0 Å². The van der Waals surface area contributed by atoms with Gasteiger partial charge in [0.05, 0.1) is 5.39 Å². The van der Waals surface area contributed by atoms with E-state index in [2.05, 4.69) is 0 Å². The molecule has 4 rings (SSSR count). The first-order valence-electron chi connectivity index (χ1n) is 8.10. The molecule has 0 aliphatic rings. The predicted molar refractivity (Wildman–Crippen MR) is 101 cm³/mol. The molecule has 0 amide bonds. The van der Waals surface area contributed by atoms with Crippen molar-refractivity contribution in [3.63, 3.8) is 0 Å². The maximum atomic E-state index is 12.5. The molecule has 0 saturated heterocycles. The van der Waals surface area contributed by atoms with E-state index in [1.54, 1.807) is 30.3 Å². The summed E-state index contributed by atoms with van der Waals surface area (Å²) in [6, 6.07) is 20.1. The Kier molecular flexibility index (Phi) is 3.86. The summed E-state index contributed by atoms with van der Waals surface area (Å²) < 4.78 is 5.15. The Morgan fingerprint density at radius 3 is 2.42 bits per heavy atom. The minimum Gasteiger partial charge on any atom is -0.506 e. The van der Waals surface area contributed by atoms with E-state index in [0.29, 0.717) is 5.39 Å². The van der Waals surface area contributed by atoms with Crippen LogP contribution in [-0.2, 0) is 0 Å². The standard InChI is InChI=1S/C22H14O4/c23-18(13-12-15-8-5-7-14-6-1-2-9-16(14)15)20-21(24)17-10-3-4-11-19(17)26-22(20)25/h1-13,24H/b13-12+. The van der Waals surface area contributed by atoms with Gasteiger partial charge in [-0.25, -0.2) is 4.79 Å². The van der Waals surface area contributed by atoms with Crippen molar-refractivity contribution in [3.05, 3.63) is 94.4 Å². The monoisotopic (exact) mass is 342 g/mol. The minimum atomic E-state index is -0.853. The first-order chi connectivity index (χ1) is 12.6. The Hall–Kier alpha value is -3.66. The molecule has 0 aliphatic heterocycles. The molecule has 1 aromatic heterocycles. The molecule has 0 bridgehead atoms. The lowest BCUT2D eigenvalue weighted by Gasteiger charge is -2.04. The highest BCUT2D eigenvalue weighted by atomic mass is 16.4. The van der Waals surface area contributed by atoms with E-state index >= 15 is 0 Å². The summed E-state index contributed by atoms with van der Waals surface area (Å²) in [6.07, 6.45) is 2.92. The van der Waals surface area contributed by atoms with Crippen molar-refractivity contribution in [2.75, 3.05) is 0 Å². The van der Waals surface area contributed by atoms with Gasteiger partial charge in [-0.2, -0.15) is 0 Å². The molecule has 26 heavy (non-hydrogen) atoms. The van der Waals surface area contributed by atoms with E-state index in [4.69, 9.17) is 4.42 Å². The Labute approximate surface area is 148 Å². The van der Waals surface area contributed by atoms with Crippen molar-refractivity contribution in [1.29, 1.82) is 0 Å². The molecule has 0 unspecified atom stereocenters. The molecule has 4 nitrogen and oxygen atoms in total. The minimum absolute atomic E-state index is 0.240. The molecule has 3 aromatic carbocycles. The summed E-state index contributed by atoms with van der Waals surface area (Å²) >= 11 is 0. The Morgan fingerprint density at radius 2 is 1.58 bits per heavy atom. The lowest BCUT2D eigenvalue weighted by molar-refractivity contribution is 0.104. The predicted octanol–water partition coefficient (Wildman–Crippen LogP) is 4.55. The maximum absolute atomic E-state index is 12.5. The number of hydrogen-bond donors (Lipinski definition) is 1. The van der Waals surface area contributed by atoms with Gasteiger partial charge in [-0.1, -0.05) is 60.7 Å². The fraction of sp³-hybridized carbons (Fsp3) is 0. The van der Waals surface area contributed by atoms with Crippen molar-refractivity contribution in [1.82, 2.24) is 0 Å². The topological polar surface area (TPSA) is 67.5 Å². The molecular formula is C22H14O4. The molecule has 126 valence electrons. The maximum Gasteiger partial charge on any atom is 0.351 e. The molecule has 0 spiro atoms. The molecule has 0 saturated carbocycles. The number of rotatable bonds is 3. The van der Waals surface area contributed by atoms with Gasteiger partial charge in [0.2, 0.25) is 0 Å². The second-order valence-electron chi connectivity index (χ2n) is 5.88. The number of carbonyl (C=O) groups excluding carboxylic acids is 1. The van der Waals surface area contributed by atoms with Gasteiger partial charge in [0, 0.05) is 0 Å². The average Bonchev–Trinajstić information content (AvgIpc) is 2.66. The Balaban J connectivity index is 1.78. The molecule has 1 heterocycles. The summed E-state index contributed by atoms with van der Waals surface area (Å²) in [6.45, 7) is 0. The number of aromatic hydroxyl groups is 1. The zero-order valence-corrected chi connectivity index (χ0v) is 13.7. The number of para-hydroxylation sites is 1. The largest absolute Gasteiger partial charge is 0.506 e. The highest BCUT2D eigenvalue weighted by Gasteiger charge is 2.18.